The molecule has 0 aliphatic carbocycles. The second kappa shape index (κ2) is 7.56. The molecule has 1 aliphatic rings. The third-order valence-corrected chi connectivity index (χ3v) is 4.40. The van der Waals surface area contributed by atoms with Gasteiger partial charge in [0.25, 0.3) is 0 Å². The van der Waals surface area contributed by atoms with Gasteiger partial charge in [0.1, 0.15) is 19.5 Å². The van der Waals surface area contributed by atoms with Gasteiger partial charge >= 0.3 is 6.01 Å². The van der Waals surface area contributed by atoms with Crippen molar-refractivity contribution < 1.29 is 9.26 Å². The predicted octanol–water partition coefficient (Wildman–Crippen LogP) is 1.01. The monoisotopic (exact) mass is 339 g/mol. The molecule has 0 aromatic carbocycles. The van der Waals surface area contributed by atoms with Gasteiger partial charge in [-0.1, -0.05) is 24.5 Å². The Morgan fingerprint density at radius 1 is 1.44 bits per heavy atom. The first-order chi connectivity index (χ1) is 12.1. The van der Waals surface area contributed by atoms with E-state index in [2.05, 4.69) is 26.1 Å². The van der Waals surface area contributed by atoms with Gasteiger partial charge in [-0.15, -0.1) is 0 Å². The molecule has 1 fully saturated rings. The van der Waals surface area contributed by atoms with Crippen molar-refractivity contribution >= 4 is 19.3 Å². The fraction of sp³-hybridized carbons (Fsp3) is 0.529. The molecule has 1 aliphatic heterocycles. The van der Waals surface area contributed by atoms with E-state index in [0.29, 0.717) is 30.0 Å². The molecule has 0 N–H and O–H groups in total. The number of anilines is 1. The van der Waals surface area contributed by atoms with Crippen molar-refractivity contribution in [1.29, 1.82) is 5.26 Å². The SMILES string of the molecule is Bc1cnc(OCC2CCN(c3nc(C(C)C)no3)CC2)c(C#N)c1. The molecule has 0 bridgehead atoms. The summed E-state index contributed by atoms with van der Waals surface area (Å²) in [6, 6.07) is 4.55. The Morgan fingerprint density at radius 2 is 2.20 bits per heavy atom. The molecule has 0 atom stereocenters. The van der Waals surface area contributed by atoms with Gasteiger partial charge < -0.3 is 14.2 Å². The first kappa shape index (κ1) is 17.3. The molecular weight excluding hydrogens is 317 g/mol. The van der Waals surface area contributed by atoms with Crippen LogP contribution in [0, 0.1) is 17.2 Å². The summed E-state index contributed by atoms with van der Waals surface area (Å²) in [4.78, 5) is 10.8. The zero-order valence-corrected chi connectivity index (χ0v) is 14.9. The van der Waals surface area contributed by atoms with Crippen LogP contribution < -0.4 is 15.1 Å². The number of rotatable bonds is 5. The lowest BCUT2D eigenvalue weighted by Gasteiger charge is -2.30. The summed E-state index contributed by atoms with van der Waals surface area (Å²) in [6.45, 7) is 6.39. The summed E-state index contributed by atoms with van der Waals surface area (Å²) in [7, 11) is 1.91. The Balaban J connectivity index is 1.52. The van der Waals surface area contributed by atoms with Crippen LogP contribution in [0.4, 0.5) is 6.01 Å². The molecule has 3 heterocycles. The van der Waals surface area contributed by atoms with Crippen LogP contribution in [0.5, 0.6) is 5.88 Å². The third kappa shape index (κ3) is 4.10. The highest BCUT2D eigenvalue weighted by atomic mass is 16.5. The van der Waals surface area contributed by atoms with Gasteiger partial charge in [0, 0.05) is 25.2 Å². The Labute approximate surface area is 148 Å². The second-order valence-electron chi connectivity index (χ2n) is 6.81. The van der Waals surface area contributed by atoms with Crippen molar-refractivity contribution in [3.63, 3.8) is 0 Å². The van der Waals surface area contributed by atoms with Crippen molar-refractivity contribution in [3.8, 4) is 11.9 Å². The fourth-order valence-electron chi connectivity index (χ4n) is 2.83. The average molecular weight is 339 g/mol. The van der Waals surface area contributed by atoms with Crippen LogP contribution in [-0.4, -0.2) is 42.7 Å². The minimum Gasteiger partial charge on any atom is -0.476 e. The molecule has 2 aromatic heterocycles. The molecule has 0 amide bonds. The molecule has 8 heteroatoms. The summed E-state index contributed by atoms with van der Waals surface area (Å²) in [5.74, 6) is 1.86. The second-order valence-corrected chi connectivity index (χ2v) is 6.81. The number of hydrogen-bond acceptors (Lipinski definition) is 7. The molecule has 130 valence electrons. The fourth-order valence-corrected chi connectivity index (χ4v) is 2.83. The summed E-state index contributed by atoms with van der Waals surface area (Å²) >= 11 is 0. The molecule has 2 aromatic rings. The van der Waals surface area contributed by atoms with E-state index in [1.807, 2.05) is 21.7 Å². The van der Waals surface area contributed by atoms with Crippen LogP contribution in [0.3, 0.4) is 0 Å². The molecular formula is C17H22BN5O2. The van der Waals surface area contributed by atoms with Crippen LogP contribution in [0.15, 0.2) is 16.8 Å². The quantitative estimate of drug-likeness (QED) is 0.751. The highest BCUT2D eigenvalue weighted by Gasteiger charge is 2.24. The maximum absolute atomic E-state index is 9.18. The van der Waals surface area contributed by atoms with Gasteiger partial charge in [-0.3, -0.25) is 0 Å². The number of ether oxygens (including phenoxy) is 1. The molecule has 7 nitrogen and oxygen atoms in total. The molecule has 3 rings (SSSR count). The van der Waals surface area contributed by atoms with E-state index in [1.165, 1.54) is 0 Å². The van der Waals surface area contributed by atoms with Crippen molar-refractivity contribution in [3.05, 3.63) is 23.7 Å². The average Bonchev–Trinajstić information content (AvgIpc) is 3.11. The minimum atomic E-state index is 0.264. The highest BCUT2D eigenvalue weighted by Crippen LogP contribution is 2.24. The van der Waals surface area contributed by atoms with E-state index in [-0.39, 0.29) is 5.92 Å². The van der Waals surface area contributed by atoms with E-state index < -0.39 is 0 Å². The molecule has 0 radical (unpaired) electrons. The van der Waals surface area contributed by atoms with Crippen molar-refractivity contribution in [2.45, 2.75) is 32.6 Å². The van der Waals surface area contributed by atoms with E-state index in [0.717, 1.165) is 37.2 Å². The van der Waals surface area contributed by atoms with Gasteiger partial charge in [-0.2, -0.15) is 10.2 Å². The number of pyridine rings is 1. The number of aromatic nitrogens is 3. The largest absolute Gasteiger partial charge is 0.476 e. The van der Waals surface area contributed by atoms with Crippen LogP contribution >= 0.6 is 0 Å². The van der Waals surface area contributed by atoms with E-state index in [1.54, 1.807) is 12.3 Å². The normalized spacial score (nSPS) is 15.4. The summed E-state index contributed by atoms with van der Waals surface area (Å²) in [5.41, 5.74) is 1.45. The third-order valence-electron chi connectivity index (χ3n) is 4.40. The zero-order chi connectivity index (χ0) is 17.8. The Morgan fingerprint density at radius 3 is 2.84 bits per heavy atom. The van der Waals surface area contributed by atoms with Crippen LogP contribution in [0.1, 0.15) is 44.0 Å². The van der Waals surface area contributed by atoms with Crippen LogP contribution in [-0.2, 0) is 0 Å². The maximum atomic E-state index is 9.18. The Bertz CT molecular complexity index is 763. The smallest absolute Gasteiger partial charge is 0.324 e. The van der Waals surface area contributed by atoms with Gasteiger partial charge in [0.05, 0.1) is 6.61 Å². The first-order valence-corrected chi connectivity index (χ1v) is 8.65. The van der Waals surface area contributed by atoms with Crippen molar-refractivity contribution in [2.24, 2.45) is 5.92 Å². The van der Waals surface area contributed by atoms with E-state index in [4.69, 9.17) is 9.26 Å². The van der Waals surface area contributed by atoms with Crippen molar-refractivity contribution in [1.82, 2.24) is 15.1 Å². The molecule has 0 spiro atoms. The lowest BCUT2D eigenvalue weighted by molar-refractivity contribution is 0.213. The van der Waals surface area contributed by atoms with E-state index >= 15 is 0 Å². The van der Waals surface area contributed by atoms with Gasteiger partial charge in [-0.05, 0) is 24.8 Å². The van der Waals surface area contributed by atoms with Gasteiger partial charge in [0.15, 0.2) is 5.82 Å². The number of hydrogen-bond donors (Lipinski definition) is 0. The maximum Gasteiger partial charge on any atom is 0.324 e. The molecule has 0 unspecified atom stereocenters. The van der Waals surface area contributed by atoms with Crippen LogP contribution in [0.2, 0.25) is 0 Å². The number of nitriles is 1. The summed E-state index contributed by atoms with van der Waals surface area (Å²) in [5, 5.41) is 13.2. The van der Waals surface area contributed by atoms with E-state index in [9.17, 15) is 5.26 Å². The number of nitrogens with zero attached hydrogens (tertiary/aromatic N) is 5. The molecule has 0 saturated carbocycles. The predicted molar refractivity (Wildman–Crippen MR) is 95.9 cm³/mol. The van der Waals surface area contributed by atoms with Gasteiger partial charge in [-0.25, -0.2) is 4.98 Å². The minimum absolute atomic E-state index is 0.264. The van der Waals surface area contributed by atoms with Crippen LogP contribution in [0.25, 0.3) is 0 Å². The topological polar surface area (TPSA) is 88.1 Å². The lowest BCUT2D eigenvalue weighted by atomic mass is 9.97. The lowest BCUT2D eigenvalue weighted by Crippen LogP contribution is -2.35. The summed E-state index contributed by atoms with van der Waals surface area (Å²) < 4.78 is 11.2. The van der Waals surface area contributed by atoms with Gasteiger partial charge in [0.2, 0.25) is 5.88 Å². The summed E-state index contributed by atoms with van der Waals surface area (Å²) in [6.07, 6.45) is 3.68. The zero-order valence-electron chi connectivity index (χ0n) is 14.9. The van der Waals surface area contributed by atoms with Crippen molar-refractivity contribution in [2.75, 3.05) is 24.6 Å². The molecule has 1 saturated heterocycles. The Kier molecular flexibility index (Phi) is 5.22. The molecule has 25 heavy (non-hydrogen) atoms. The number of piperidine rings is 1. The first-order valence-electron chi connectivity index (χ1n) is 8.65. The Hall–Kier alpha value is -2.56. The highest BCUT2D eigenvalue weighted by molar-refractivity contribution is 6.32. The standard InChI is InChI=1S/C17H22BN5O2/c1-11(2)15-21-17(25-22-15)23-5-3-12(4-6-23)10-24-16-13(8-19)7-14(18)9-20-16/h7,9,11-12H,3-6,10,18H2,1-2H3.